The van der Waals surface area contributed by atoms with Crippen LogP contribution in [0.1, 0.15) is 119 Å². The number of esters is 1. The van der Waals surface area contributed by atoms with Gasteiger partial charge in [-0.2, -0.15) is 0 Å². The molecule has 4 heterocycles. The number of pyridine rings is 1. The summed E-state index contributed by atoms with van der Waals surface area (Å²) < 4.78 is 25.0. The number of benzene rings is 1. The van der Waals surface area contributed by atoms with E-state index in [1.807, 2.05) is 52.0 Å². The second-order valence-corrected chi connectivity index (χ2v) is 15.6. The van der Waals surface area contributed by atoms with Gasteiger partial charge in [-0.1, -0.05) is 13.3 Å². The SMILES string of the molecule is CCCCc1cc2cc(C(=O)OC3CCCN(C(=O)OC(C)(C)C)C3)ccn2c1C(=O)c1ccc(O[C@@H]2CCCN(C(=O)OC(C)(C)C)C2)cc1. The number of amides is 2. The molecule has 1 aromatic carbocycles. The number of unbranched alkanes of at least 4 members (excludes halogenated alkanes) is 1. The van der Waals surface area contributed by atoms with Crippen molar-refractivity contribution < 1.29 is 38.1 Å². The van der Waals surface area contributed by atoms with E-state index >= 15 is 0 Å². The Kier molecular flexibility index (Phi) is 11.7. The van der Waals surface area contributed by atoms with Gasteiger partial charge in [0.05, 0.1) is 24.3 Å². The monoisotopic (exact) mass is 703 g/mol. The largest absolute Gasteiger partial charge is 0.489 e. The van der Waals surface area contributed by atoms with Crippen LogP contribution in [-0.4, -0.2) is 87.7 Å². The Labute approximate surface area is 301 Å². The van der Waals surface area contributed by atoms with Crippen LogP contribution in [0.3, 0.4) is 0 Å². The van der Waals surface area contributed by atoms with Gasteiger partial charge >= 0.3 is 18.2 Å². The van der Waals surface area contributed by atoms with Gasteiger partial charge in [0.1, 0.15) is 29.2 Å². The zero-order valence-corrected chi connectivity index (χ0v) is 31.2. The Morgan fingerprint density at radius 1 is 0.765 bits per heavy atom. The Hall–Kier alpha value is -4.54. The average molecular weight is 704 g/mol. The van der Waals surface area contributed by atoms with E-state index in [-0.39, 0.29) is 24.5 Å². The molecule has 51 heavy (non-hydrogen) atoms. The molecule has 2 aliphatic rings. The average Bonchev–Trinajstić information content (AvgIpc) is 3.43. The standard InChI is InChI=1S/C40H53N3O8/c1-8-9-12-28-23-30-24-29(36(45)49-33-14-11-21-42(26-33)38(47)51-40(5,6)7)19-22-43(30)34(28)35(44)27-15-17-31(18-16-27)48-32-13-10-20-41(25-32)37(46)50-39(2,3)4/h15-19,22-24,32-33H,8-14,20-21,25-26H2,1-7H3/t32-,33?/m1/s1. The summed E-state index contributed by atoms with van der Waals surface area (Å²) in [5.41, 5.74) is 1.94. The maximum absolute atomic E-state index is 14.0. The van der Waals surface area contributed by atoms with E-state index in [1.54, 1.807) is 52.4 Å². The van der Waals surface area contributed by atoms with Crippen molar-refractivity contribution >= 4 is 29.5 Å². The number of likely N-dealkylation sites (tertiary alicyclic amines) is 2. The van der Waals surface area contributed by atoms with E-state index in [2.05, 4.69) is 6.92 Å². The molecular weight excluding hydrogens is 650 g/mol. The van der Waals surface area contributed by atoms with Crippen molar-refractivity contribution in [3.63, 3.8) is 0 Å². The van der Waals surface area contributed by atoms with Crippen LogP contribution < -0.4 is 4.74 Å². The van der Waals surface area contributed by atoms with Gasteiger partial charge in [0, 0.05) is 30.4 Å². The predicted molar refractivity (Wildman–Crippen MR) is 194 cm³/mol. The van der Waals surface area contributed by atoms with Gasteiger partial charge in [-0.3, -0.25) is 4.79 Å². The predicted octanol–water partition coefficient (Wildman–Crippen LogP) is 7.85. The summed E-state index contributed by atoms with van der Waals surface area (Å²) >= 11 is 0. The van der Waals surface area contributed by atoms with Gasteiger partial charge in [0.2, 0.25) is 5.78 Å². The fraction of sp³-hybridized carbons (Fsp3) is 0.550. The highest BCUT2D eigenvalue weighted by Gasteiger charge is 2.31. The number of ketones is 1. The summed E-state index contributed by atoms with van der Waals surface area (Å²) in [7, 11) is 0. The molecule has 3 aromatic rings. The summed E-state index contributed by atoms with van der Waals surface area (Å²) in [4.78, 5) is 55.8. The van der Waals surface area contributed by atoms with Gasteiger partial charge in [0.15, 0.2) is 0 Å². The Morgan fingerprint density at radius 2 is 1.35 bits per heavy atom. The highest BCUT2D eigenvalue weighted by atomic mass is 16.6. The van der Waals surface area contributed by atoms with Crippen molar-refractivity contribution in [1.82, 2.24) is 14.2 Å². The second-order valence-electron chi connectivity index (χ2n) is 15.6. The van der Waals surface area contributed by atoms with Crippen LogP contribution in [0.15, 0.2) is 48.7 Å². The van der Waals surface area contributed by atoms with Crippen LogP contribution >= 0.6 is 0 Å². The highest BCUT2D eigenvalue weighted by molar-refractivity contribution is 6.10. The van der Waals surface area contributed by atoms with Crippen LogP contribution in [0.2, 0.25) is 0 Å². The molecule has 0 radical (unpaired) electrons. The maximum Gasteiger partial charge on any atom is 0.410 e. The lowest BCUT2D eigenvalue weighted by Gasteiger charge is -2.34. The van der Waals surface area contributed by atoms with Crippen molar-refractivity contribution in [2.75, 3.05) is 26.2 Å². The van der Waals surface area contributed by atoms with Crippen LogP contribution in [-0.2, 0) is 20.6 Å². The lowest BCUT2D eigenvalue weighted by molar-refractivity contribution is -0.0115. The molecule has 2 amide bonds. The molecule has 2 saturated heterocycles. The first-order chi connectivity index (χ1) is 24.1. The van der Waals surface area contributed by atoms with Crippen LogP contribution in [0.5, 0.6) is 5.75 Å². The fourth-order valence-electron chi connectivity index (χ4n) is 6.46. The molecule has 11 heteroatoms. The minimum Gasteiger partial charge on any atom is -0.489 e. The van der Waals surface area contributed by atoms with Gasteiger partial charge in [-0.05, 0) is 128 Å². The van der Waals surface area contributed by atoms with Crippen molar-refractivity contribution in [2.24, 2.45) is 0 Å². The molecule has 0 aliphatic carbocycles. The lowest BCUT2D eigenvalue weighted by atomic mass is 10.0. The summed E-state index contributed by atoms with van der Waals surface area (Å²) in [5, 5.41) is 0. The summed E-state index contributed by atoms with van der Waals surface area (Å²) in [6, 6.07) is 12.5. The number of carbonyl (C=O) groups is 4. The van der Waals surface area contributed by atoms with E-state index in [0.717, 1.165) is 43.2 Å². The number of hydrogen-bond acceptors (Lipinski definition) is 8. The molecule has 0 bridgehead atoms. The molecule has 1 unspecified atom stereocenters. The third-order valence-electron chi connectivity index (χ3n) is 8.86. The molecule has 0 saturated carbocycles. The second kappa shape index (κ2) is 15.8. The number of piperidine rings is 2. The number of carbonyl (C=O) groups excluding carboxylic acids is 4. The Balaban J connectivity index is 1.27. The number of rotatable bonds is 9. The molecular formula is C40H53N3O8. The molecule has 2 aromatic heterocycles. The summed E-state index contributed by atoms with van der Waals surface area (Å²) in [5.74, 6) is 0.0332. The third kappa shape index (κ3) is 10.0. The molecule has 2 aliphatic heterocycles. The van der Waals surface area contributed by atoms with Crippen molar-refractivity contribution in [3.8, 4) is 5.75 Å². The zero-order valence-electron chi connectivity index (χ0n) is 31.2. The summed E-state index contributed by atoms with van der Waals surface area (Å²) in [6.07, 6.45) is 6.00. The number of aromatic nitrogens is 1. The van der Waals surface area contributed by atoms with Gasteiger partial charge in [-0.25, -0.2) is 14.4 Å². The first-order valence-electron chi connectivity index (χ1n) is 18.2. The third-order valence-corrected chi connectivity index (χ3v) is 8.86. The van der Waals surface area contributed by atoms with Crippen LogP contribution in [0.4, 0.5) is 9.59 Å². The van der Waals surface area contributed by atoms with E-state index in [1.165, 1.54) is 0 Å². The quantitative estimate of drug-likeness (QED) is 0.126. The molecule has 5 rings (SSSR count). The van der Waals surface area contributed by atoms with E-state index in [0.29, 0.717) is 55.0 Å². The fourth-order valence-corrected chi connectivity index (χ4v) is 6.46. The highest BCUT2D eigenvalue weighted by Crippen LogP contribution is 2.27. The summed E-state index contributed by atoms with van der Waals surface area (Å²) in [6.45, 7) is 15.0. The van der Waals surface area contributed by atoms with E-state index in [4.69, 9.17) is 18.9 Å². The number of ether oxygens (including phenoxy) is 4. The zero-order chi connectivity index (χ0) is 36.9. The smallest absolute Gasteiger partial charge is 0.410 e. The molecule has 0 N–H and O–H groups in total. The van der Waals surface area contributed by atoms with Gasteiger partial charge in [0.25, 0.3) is 0 Å². The first-order valence-corrected chi connectivity index (χ1v) is 18.2. The van der Waals surface area contributed by atoms with Crippen molar-refractivity contribution in [2.45, 2.75) is 117 Å². The molecule has 2 atom stereocenters. The normalized spacial score (nSPS) is 18.3. The number of hydrogen-bond donors (Lipinski definition) is 0. The molecule has 11 nitrogen and oxygen atoms in total. The van der Waals surface area contributed by atoms with Crippen molar-refractivity contribution in [1.29, 1.82) is 0 Å². The molecule has 2 fully saturated rings. The first kappa shape index (κ1) is 37.7. The topological polar surface area (TPSA) is 116 Å². The van der Waals surface area contributed by atoms with E-state index < -0.39 is 29.4 Å². The van der Waals surface area contributed by atoms with Crippen LogP contribution in [0.25, 0.3) is 5.52 Å². The Morgan fingerprint density at radius 3 is 1.94 bits per heavy atom. The minimum absolute atomic E-state index is 0.124. The Bertz CT molecular complexity index is 1720. The maximum atomic E-state index is 14.0. The lowest BCUT2D eigenvalue weighted by Crippen LogP contribution is -2.46. The number of aryl methyl sites for hydroxylation is 1. The molecule has 276 valence electrons. The van der Waals surface area contributed by atoms with Gasteiger partial charge < -0.3 is 33.1 Å². The number of nitrogens with zero attached hydrogens (tertiary/aromatic N) is 3. The van der Waals surface area contributed by atoms with Crippen molar-refractivity contribution in [3.05, 3.63) is 71.0 Å². The number of fused-ring (bicyclic) bond motifs is 1. The van der Waals surface area contributed by atoms with Crippen LogP contribution in [0, 0.1) is 0 Å². The van der Waals surface area contributed by atoms with Gasteiger partial charge in [-0.15, -0.1) is 0 Å². The molecule has 0 spiro atoms. The van der Waals surface area contributed by atoms with E-state index in [9.17, 15) is 19.2 Å². The minimum atomic E-state index is -0.606.